The van der Waals surface area contributed by atoms with Crippen LogP contribution in [0.5, 0.6) is 5.75 Å². The molecule has 0 aliphatic rings. The van der Waals surface area contributed by atoms with Gasteiger partial charge in [0.1, 0.15) is 11.6 Å². The highest BCUT2D eigenvalue weighted by Crippen LogP contribution is 2.26. The molecular weight excluding hydrogens is 518 g/mol. The highest BCUT2D eigenvalue weighted by atomic mass is 35.5. The van der Waals surface area contributed by atoms with Crippen LogP contribution in [0.15, 0.2) is 91.0 Å². The van der Waals surface area contributed by atoms with Crippen LogP contribution >= 0.6 is 11.6 Å². The second kappa shape index (κ2) is 12.8. The predicted molar refractivity (Wildman–Crippen MR) is 163 cm³/mol. The van der Waals surface area contributed by atoms with Gasteiger partial charge in [0.2, 0.25) is 5.91 Å². The third-order valence-corrected chi connectivity index (χ3v) is 7.63. The van der Waals surface area contributed by atoms with E-state index in [1.807, 2.05) is 74.5 Å². The molecular formula is C34H34ClN3O2. The first kappa shape index (κ1) is 27.5. The SMILES string of the molecule is Cc1cc(OCCCn2c(CCNC(=O)Cc3ccc(-c4ccccc4)cc3)nc3ccccc32)cc(C)c1Cl. The van der Waals surface area contributed by atoms with Crippen LogP contribution in [0.3, 0.4) is 0 Å². The van der Waals surface area contributed by atoms with Gasteiger partial charge in [0.05, 0.1) is 24.1 Å². The molecule has 0 saturated heterocycles. The molecule has 1 heterocycles. The fraction of sp³-hybridized carbons (Fsp3) is 0.235. The number of para-hydroxylation sites is 2. The van der Waals surface area contributed by atoms with Crippen molar-refractivity contribution in [2.75, 3.05) is 13.2 Å². The summed E-state index contributed by atoms with van der Waals surface area (Å²) in [5.41, 5.74) is 7.41. The molecule has 0 aliphatic carbocycles. The molecule has 0 spiro atoms. The van der Waals surface area contributed by atoms with Gasteiger partial charge in [0.15, 0.2) is 0 Å². The summed E-state index contributed by atoms with van der Waals surface area (Å²) in [5, 5.41) is 3.86. The number of hydrogen-bond acceptors (Lipinski definition) is 3. The molecule has 0 bridgehead atoms. The minimum atomic E-state index is 0.0112. The number of aromatic nitrogens is 2. The number of carbonyl (C=O) groups is 1. The molecule has 4 aromatic carbocycles. The number of imidazole rings is 1. The van der Waals surface area contributed by atoms with Crippen molar-refractivity contribution in [1.29, 1.82) is 0 Å². The Morgan fingerprint density at radius 3 is 2.33 bits per heavy atom. The molecule has 0 atom stereocenters. The van der Waals surface area contributed by atoms with Crippen LogP contribution in [0.4, 0.5) is 0 Å². The van der Waals surface area contributed by atoms with Gasteiger partial charge >= 0.3 is 0 Å². The number of nitrogens with zero attached hydrogens (tertiary/aromatic N) is 2. The molecule has 0 saturated carbocycles. The third kappa shape index (κ3) is 6.72. The van der Waals surface area contributed by atoms with Gasteiger partial charge in [0, 0.05) is 24.5 Å². The lowest BCUT2D eigenvalue weighted by Crippen LogP contribution is -2.28. The van der Waals surface area contributed by atoms with Gasteiger partial charge < -0.3 is 14.6 Å². The van der Waals surface area contributed by atoms with Gasteiger partial charge in [-0.05, 0) is 72.4 Å². The molecule has 5 aromatic rings. The van der Waals surface area contributed by atoms with Gasteiger partial charge in [0.25, 0.3) is 0 Å². The van der Waals surface area contributed by atoms with Crippen molar-refractivity contribution in [2.45, 2.75) is 39.7 Å². The van der Waals surface area contributed by atoms with E-state index in [1.54, 1.807) is 0 Å². The van der Waals surface area contributed by atoms with E-state index in [1.165, 1.54) is 5.56 Å². The number of hydrogen-bond donors (Lipinski definition) is 1. The van der Waals surface area contributed by atoms with Crippen molar-refractivity contribution in [3.63, 3.8) is 0 Å². The first-order valence-corrected chi connectivity index (χ1v) is 14.1. The Kier molecular flexibility index (Phi) is 8.82. The van der Waals surface area contributed by atoms with E-state index in [0.717, 1.165) is 62.8 Å². The zero-order valence-electron chi connectivity index (χ0n) is 23.0. The van der Waals surface area contributed by atoms with Crippen LogP contribution in [0.2, 0.25) is 5.02 Å². The van der Waals surface area contributed by atoms with E-state index in [2.05, 4.69) is 40.2 Å². The summed E-state index contributed by atoms with van der Waals surface area (Å²) < 4.78 is 8.27. The fourth-order valence-corrected chi connectivity index (χ4v) is 5.08. The Morgan fingerprint density at radius 2 is 1.57 bits per heavy atom. The maximum Gasteiger partial charge on any atom is 0.224 e. The maximum atomic E-state index is 12.7. The molecule has 0 aliphatic heterocycles. The molecule has 40 heavy (non-hydrogen) atoms. The predicted octanol–water partition coefficient (Wildman–Crippen LogP) is 7.34. The van der Waals surface area contributed by atoms with Crippen molar-refractivity contribution in [1.82, 2.24) is 14.9 Å². The largest absolute Gasteiger partial charge is 0.494 e. The van der Waals surface area contributed by atoms with Gasteiger partial charge in [-0.3, -0.25) is 4.79 Å². The number of halogens is 1. The second-order valence-corrected chi connectivity index (χ2v) is 10.5. The van der Waals surface area contributed by atoms with E-state index in [-0.39, 0.29) is 5.91 Å². The first-order chi connectivity index (χ1) is 19.5. The molecule has 0 unspecified atom stereocenters. The molecule has 0 radical (unpaired) electrons. The molecule has 1 amide bonds. The summed E-state index contributed by atoms with van der Waals surface area (Å²) in [6.07, 6.45) is 1.84. The minimum absolute atomic E-state index is 0.0112. The number of aryl methyl sites for hydroxylation is 3. The average molecular weight is 552 g/mol. The fourth-order valence-electron chi connectivity index (χ4n) is 4.98. The van der Waals surface area contributed by atoms with Crippen molar-refractivity contribution < 1.29 is 9.53 Å². The quantitative estimate of drug-likeness (QED) is 0.175. The average Bonchev–Trinajstić information content (AvgIpc) is 3.32. The zero-order valence-corrected chi connectivity index (χ0v) is 23.7. The summed E-state index contributed by atoms with van der Waals surface area (Å²) in [4.78, 5) is 17.5. The Balaban J connectivity index is 1.15. The third-order valence-electron chi connectivity index (χ3n) is 7.03. The number of rotatable bonds is 11. The monoisotopic (exact) mass is 551 g/mol. The van der Waals surface area contributed by atoms with Crippen molar-refractivity contribution in [3.05, 3.63) is 119 Å². The van der Waals surface area contributed by atoms with Crippen molar-refractivity contribution in [2.24, 2.45) is 0 Å². The smallest absolute Gasteiger partial charge is 0.224 e. The second-order valence-electron chi connectivity index (χ2n) is 10.1. The standard InChI is InChI=1S/C34H34ClN3O2/c1-24-21-29(22-25(2)34(24)35)40-20-8-19-38-31-12-7-6-11-30(31)37-32(38)17-18-36-33(39)23-26-13-15-28(16-14-26)27-9-4-3-5-10-27/h3-7,9-16,21-22H,8,17-20,23H2,1-2H3,(H,36,39). The van der Waals surface area contributed by atoms with Crippen molar-refractivity contribution in [3.8, 4) is 16.9 Å². The van der Waals surface area contributed by atoms with Gasteiger partial charge in [-0.15, -0.1) is 0 Å². The van der Waals surface area contributed by atoms with Crippen molar-refractivity contribution >= 4 is 28.5 Å². The van der Waals surface area contributed by atoms with Crippen LogP contribution in [-0.2, 0) is 24.2 Å². The number of nitrogens with one attached hydrogen (secondary N) is 1. The Bertz CT molecular complexity index is 1570. The zero-order chi connectivity index (χ0) is 27.9. The summed E-state index contributed by atoms with van der Waals surface area (Å²) >= 11 is 6.29. The van der Waals surface area contributed by atoms with E-state index in [0.29, 0.717) is 26.0 Å². The Hall–Kier alpha value is -4.09. The number of fused-ring (bicyclic) bond motifs is 1. The lowest BCUT2D eigenvalue weighted by molar-refractivity contribution is -0.120. The van der Waals surface area contributed by atoms with Gasteiger partial charge in [-0.25, -0.2) is 4.98 Å². The molecule has 0 fully saturated rings. The normalized spacial score (nSPS) is 11.1. The maximum absolute atomic E-state index is 12.7. The lowest BCUT2D eigenvalue weighted by Gasteiger charge is -2.12. The molecule has 204 valence electrons. The Labute approximate surface area is 240 Å². The molecule has 5 nitrogen and oxygen atoms in total. The van der Waals surface area contributed by atoms with E-state index in [9.17, 15) is 4.79 Å². The summed E-state index contributed by atoms with van der Waals surface area (Å²) in [7, 11) is 0. The van der Waals surface area contributed by atoms with Crippen LogP contribution in [0.25, 0.3) is 22.2 Å². The minimum Gasteiger partial charge on any atom is -0.494 e. The molecule has 5 rings (SSSR count). The molecule has 6 heteroatoms. The highest BCUT2D eigenvalue weighted by molar-refractivity contribution is 6.32. The number of carbonyl (C=O) groups excluding carboxylic acids is 1. The topological polar surface area (TPSA) is 56.1 Å². The number of amides is 1. The first-order valence-electron chi connectivity index (χ1n) is 13.7. The van der Waals surface area contributed by atoms with E-state index in [4.69, 9.17) is 21.3 Å². The van der Waals surface area contributed by atoms with Crippen LogP contribution < -0.4 is 10.1 Å². The number of benzene rings is 4. The molecule has 1 aromatic heterocycles. The van der Waals surface area contributed by atoms with Gasteiger partial charge in [-0.2, -0.15) is 0 Å². The highest BCUT2D eigenvalue weighted by Gasteiger charge is 2.12. The summed E-state index contributed by atoms with van der Waals surface area (Å²) in [6, 6.07) is 30.5. The number of ether oxygens (including phenoxy) is 1. The molecule has 1 N–H and O–H groups in total. The van der Waals surface area contributed by atoms with Crippen LogP contribution in [0.1, 0.15) is 28.9 Å². The van der Waals surface area contributed by atoms with Crippen LogP contribution in [0, 0.1) is 13.8 Å². The summed E-state index contributed by atoms with van der Waals surface area (Å²) in [5.74, 6) is 1.82. The van der Waals surface area contributed by atoms with Crippen LogP contribution in [-0.4, -0.2) is 28.6 Å². The van der Waals surface area contributed by atoms with Gasteiger partial charge in [-0.1, -0.05) is 78.3 Å². The van der Waals surface area contributed by atoms with E-state index >= 15 is 0 Å². The lowest BCUT2D eigenvalue weighted by atomic mass is 10.0. The van der Waals surface area contributed by atoms with E-state index < -0.39 is 0 Å². The Morgan fingerprint density at radius 1 is 0.900 bits per heavy atom. The summed E-state index contributed by atoms with van der Waals surface area (Å²) in [6.45, 7) is 5.89.